The van der Waals surface area contributed by atoms with Crippen molar-refractivity contribution in [2.75, 3.05) is 0 Å². The molecule has 4 aliphatic carbocycles. The van der Waals surface area contributed by atoms with Crippen molar-refractivity contribution in [1.29, 1.82) is 0 Å². The van der Waals surface area contributed by atoms with Crippen LogP contribution in [0.5, 0.6) is 0 Å². The van der Waals surface area contributed by atoms with Crippen molar-refractivity contribution in [2.45, 2.75) is 85.7 Å². The first kappa shape index (κ1) is 19.9. The van der Waals surface area contributed by atoms with Crippen LogP contribution in [0.15, 0.2) is 23.8 Å². The lowest BCUT2D eigenvalue weighted by atomic mass is 9.40. The molecule has 3 nitrogen and oxygen atoms in total. The van der Waals surface area contributed by atoms with Gasteiger partial charge in [-0.15, -0.1) is 0 Å². The molecular weight excluding hydrogens is 348 g/mol. The van der Waals surface area contributed by atoms with Gasteiger partial charge >= 0.3 is 5.97 Å². The zero-order valence-electron chi connectivity index (χ0n) is 18.2. The number of ether oxygens (including phenoxy) is 1. The van der Waals surface area contributed by atoms with E-state index in [1.54, 1.807) is 0 Å². The molecule has 0 saturated heterocycles. The molecule has 7 unspecified atom stereocenters. The summed E-state index contributed by atoms with van der Waals surface area (Å²) in [6.45, 7) is 10.6. The monoisotopic (exact) mass is 384 g/mol. The standard InChI is InChI=1S/C25H36O3/c1-6-17(2)20(27)28-21-22(3)12-8-19-24(5)11-7-10-23(4,16-26)18(24)9-13-25(19,21)15-14-22/h6,14-16,18-19,21H,7-13H2,1-5H3. The average molecular weight is 385 g/mol. The minimum Gasteiger partial charge on any atom is -0.457 e. The van der Waals surface area contributed by atoms with Gasteiger partial charge in [0.2, 0.25) is 0 Å². The van der Waals surface area contributed by atoms with Gasteiger partial charge in [0.05, 0.1) is 0 Å². The molecule has 4 rings (SSSR count). The lowest BCUT2D eigenvalue weighted by Gasteiger charge is -2.65. The van der Waals surface area contributed by atoms with Crippen LogP contribution in [0.3, 0.4) is 0 Å². The van der Waals surface area contributed by atoms with Crippen LogP contribution in [0.2, 0.25) is 0 Å². The number of rotatable bonds is 3. The van der Waals surface area contributed by atoms with Gasteiger partial charge in [-0.3, -0.25) is 0 Å². The highest BCUT2D eigenvalue weighted by Gasteiger charge is 2.68. The molecule has 154 valence electrons. The van der Waals surface area contributed by atoms with Crippen LogP contribution in [0.4, 0.5) is 0 Å². The van der Waals surface area contributed by atoms with E-state index in [0.29, 0.717) is 17.4 Å². The molecule has 3 saturated carbocycles. The summed E-state index contributed by atoms with van der Waals surface area (Å²) in [5.41, 5.74) is 0.496. The average Bonchev–Trinajstić information content (AvgIpc) is 2.83. The summed E-state index contributed by atoms with van der Waals surface area (Å²) in [6, 6.07) is 0. The lowest BCUT2D eigenvalue weighted by Crippen LogP contribution is -2.62. The SMILES string of the molecule is CC=C(C)C(=O)OC1C2(C)C=CC13CCC1C(C)(C=O)CCCC1(C)C3CC2. The van der Waals surface area contributed by atoms with Crippen LogP contribution >= 0.6 is 0 Å². The van der Waals surface area contributed by atoms with Gasteiger partial charge in [0.15, 0.2) is 0 Å². The minimum absolute atomic E-state index is 0.0635. The van der Waals surface area contributed by atoms with Crippen LogP contribution in [0, 0.1) is 33.5 Å². The molecule has 1 spiro atoms. The third-order valence-corrected chi connectivity index (χ3v) is 9.42. The van der Waals surface area contributed by atoms with Crippen molar-refractivity contribution in [3.05, 3.63) is 23.8 Å². The van der Waals surface area contributed by atoms with Gasteiger partial charge in [-0.1, -0.05) is 45.4 Å². The fourth-order valence-electron chi connectivity index (χ4n) is 7.83. The molecule has 3 heteroatoms. The second-order valence-electron chi connectivity index (χ2n) is 10.9. The van der Waals surface area contributed by atoms with Crippen molar-refractivity contribution in [3.8, 4) is 0 Å². The molecule has 28 heavy (non-hydrogen) atoms. The highest BCUT2D eigenvalue weighted by Crippen LogP contribution is 2.72. The first-order valence-electron chi connectivity index (χ1n) is 11.2. The quantitative estimate of drug-likeness (QED) is 0.274. The van der Waals surface area contributed by atoms with Gasteiger partial charge in [-0.2, -0.15) is 0 Å². The number of hydrogen-bond acceptors (Lipinski definition) is 3. The number of hydrogen-bond donors (Lipinski definition) is 0. The van der Waals surface area contributed by atoms with Crippen molar-refractivity contribution in [3.63, 3.8) is 0 Å². The second-order valence-corrected chi connectivity index (χ2v) is 10.9. The number of fused-ring (bicyclic) bond motifs is 3. The molecule has 0 N–H and O–H groups in total. The highest BCUT2D eigenvalue weighted by atomic mass is 16.5. The summed E-state index contributed by atoms with van der Waals surface area (Å²) in [4.78, 5) is 24.8. The Bertz CT molecular complexity index is 751. The molecule has 0 radical (unpaired) electrons. The van der Waals surface area contributed by atoms with Crippen LogP contribution in [-0.4, -0.2) is 18.4 Å². The molecule has 3 fully saturated rings. The Morgan fingerprint density at radius 1 is 1.04 bits per heavy atom. The van der Waals surface area contributed by atoms with Crippen molar-refractivity contribution in [2.24, 2.45) is 33.5 Å². The Balaban J connectivity index is 1.73. The predicted molar refractivity (Wildman–Crippen MR) is 111 cm³/mol. The maximum atomic E-state index is 12.7. The molecule has 0 heterocycles. The normalized spacial score (nSPS) is 49.9. The van der Waals surface area contributed by atoms with Gasteiger partial charge in [0, 0.05) is 21.8 Å². The molecule has 7 atom stereocenters. The van der Waals surface area contributed by atoms with E-state index in [1.807, 2.05) is 19.9 Å². The molecule has 0 aromatic rings. The number of carbonyl (C=O) groups excluding carboxylic acids is 2. The summed E-state index contributed by atoms with van der Waals surface area (Å²) in [7, 11) is 0. The van der Waals surface area contributed by atoms with E-state index in [1.165, 1.54) is 19.1 Å². The molecule has 2 bridgehead atoms. The highest BCUT2D eigenvalue weighted by molar-refractivity contribution is 5.87. The number of esters is 1. The van der Waals surface area contributed by atoms with Gasteiger partial charge in [-0.05, 0) is 69.6 Å². The van der Waals surface area contributed by atoms with E-state index in [-0.39, 0.29) is 33.7 Å². The number of allylic oxidation sites excluding steroid dienone is 1. The summed E-state index contributed by atoms with van der Waals surface area (Å²) >= 11 is 0. The van der Waals surface area contributed by atoms with Crippen molar-refractivity contribution in [1.82, 2.24) is 0 Å². The fourth-order valence-corrected chi connectivity index (χ4v) is 7.83. The van der Waals surface area contributed by atoms with Crippen molar-refractivity contribution < 1.29 is 14.3 Å². The molecule has 0 amide bonds. The maximum Gasteiger partial charge on any atom is 0.333 e. The van der Waals surface area contributed by atoms with E-state index in [2.05, 4.69) is 32.9 Å². The summed E-state index contributed by atoms with van der Waals surface area (Å²) in [5.74, 6) is 0.749. The Hall–Kier alpha value is -1.38. The molecule has 0 aliphatic heterocycles. The molecule has 4 aliphatic rings. The maximum absolute atomic E-state index is 12.7. The third kappa shape index (κ3) is 2.47. The summed E-state index contributed by atoms with van der Waals surface area (Å²) in [5, 5.41) is 0. The van der Waals surface area contributed by atoms with Crippen molar-refractivity contribution >= 4 is 12.3 Å². The van der Waals surface area contributed by atoms with Gasteiger partial charge < -0.3 is 9.53 Å². The number of aldehydes is 1. The zero-order chi connectivity index (χ0) is 20.4. The Morgan fingerprint density at radius 3 is 2.43 bits per heavy atom. The lowest BCUT2D eigenvalue weighted by molar-refractivity contribution is -0.201. The summed E-state index contributed by atoms with van der Waals surface area (Å²) in [6.07, 6.45) is 15.4. The van der Waals surface area contributed by atoms with E-state index in [4.69, 9.17) is 4.74 Å². The van der Waals surface area contributed by atoms with Crippen LogP contribution in [0.25, 0.3) is 0 Å². The molecule has 0 aromatic carbocycles. The largest absolute Gasteiger partial charge is 0.457 e. The van der Waals surface area contributed by atoms with Crippen LogP contribution in [0.1, 0.15) is 79.6 Å². The Labute approximate surface area is 170 Å². The Kier molecular flexibility index (Phi) is 4.49. The first-order valence-corrected chi connectivity index (χ1v) is 11.2. The molecule has 0 aromatic heterocycles. The Morgan fingerprint density at radius 2 is 1.75 bits per heavy atom. The minimum atomic E-state index is -0.203. The molecular formula is C25H36O3. The van der Waals surface area contributed by atoms with E-state index < -0.39 is 0 Å². The van der Waals surface area contributed by atoms with Gasteiger partial charge in [0.25, 0.3) is 0 Å². The first-order chi connectivity index (χ1) is 13.2. The summed E-state index contributed by atoms with van der Waals surface area (Å²) < 4.78 is 6.26. The predicted octanol–water partition coefficient (Wildman–Crippen LogP) is 5.64. The van der Waals surface area contributed by atoms with Crippen LogP contribution < -0.4 is 0 Å². The van der Waals surface area contributed by atoms with E-state index in [9.17, 15) is 9.59 Å². The van der Waals surface area contributed by atoms with Gasteiger partial charge in [0.1, 0.15) is 12.4 Å². The smallest absolute Gasteiger partial charge is 0.333 e. The second kappa shape index (κ2) is 6.31. The number of carbonyl (C=O) groups is 2. The fraction of sp³-hybridized carbons (Fsp3) is 0.760. The third-order valence-electron chi connectivity index (χ3n) is 9.42. The topological polar surface area (TPSA) is 43.4 Å². The van der Waals surface area contributed by atoms with E-state index >= 15 is 0 Å². The van der Waals surface area contributed by atoms with Gasteiger partial charge in [-0.25, -0.2) is 4.79 Å². The van der Waals surface area contributed by atoms with Crippen LogP contribution in [-0.2, 0) is 14.3 Å². The van der Waals surface area contributed by atoms with E-state index in [0.717, 1.165) is 32.1 Å². The zero-order valence-corrected chi connectivity index (χ0v) is 18.2.